The molecule has 0 spiro atoms. The van der Waals surface area contributed by atoms with E-state index >= 15 is 0 Å². The SMILES string of the molecule is Clc1ccccc1-c1nc(-c2ccc(-c3ccccc3)cc2)nc(-c2ccc(-c3ccccc3)cc2)n1. The van der Waals surface area contributed by atoms with Gasteiger partial charge in [0.15, 0.2) is 17.5 Å². The molecule has 4 heteroatoms. The third kappa shape index (κ3) is 4.90. The Bertz CT molecular complexity index is 1550. The number of halogens is 1. The molecule has 1 aromatic heterocycles. The van der Waals surface area contributed by atoms with Crippen molar-refractivity contribution in [3.05, 3.63) is 138 Å². The summed E-state index contributed by atoms with van der Waals surface area (Å²) in [6.07, 6.45) is 0. The molecule has 0 aliphatic carbocycles. The Morgan fingerprint density at radius 1 is 0.324 bits per heavy atom. The zero-order chi connectivity index (χ0) is 25.0. The smallest absolute Gasteiger partial charge is 0.165 e. The van der Waals surface area contributed by atoms with Gasteiger partial charge in [0.2, 0.25) is 0 Å². The fraction of sp³-hybridized carbons (Fsp3) is 0. The monoisotopic (exact) mass is 495 g/mol. The van der Waals surface area contributed by atoms with Gasteiger partial charge in [-0.1, -0.05) is 133 Å². The molecular formula is C33H22ClN3. The lowest BCUT2D eigenvalue weighted by Crippen LogP contribution is -2.00. The van der Waals surface area contributed by atoms with Crippen molar-refractivity contribution < 1.29 is 0 Å². The van der Waals surface area contributed by atoms with E-state index in [2.05, 4.69) is 72.8 Å². The largest absolute Gasteiger partial charge is 0.208 e. The van der Waals surface area contributed by atoms with Crippen LogP contribution >= 0.6 is 11.6 Å². The number of rotatable bonds is 5. The predicted molar refractivity (Wildman–Crippen MR) is 152 cm³/mol. The highest BCUT2D eigenvalue weighted by molar-refractivity contribution is 6.33. The van der Waals surface area contributed by atoms with Gasteiger partial charge in [-0.05, 0) is 34.4 Å². The summed E-state index contributed by atoms with van der Waals surface area (Å²) in [5, 5.41) is 0.601. The molecule has 0 unspecified atom stereocenters. The Hall–Kier alpha value is -4.60. The molecule has 0 N–H and O–H groups in total. The second-order valence-corrected chi connectivity index (χ2v) is 9.08. The molecule has 1 heterocycles. The molecular weight excluding hydrogens is 474 g/mol. The minimum Gasteiger partial charge on any atom is -0.208 e. The average molecular weight is 496 g/mol. The molecule has 3 nitrogen and oxygen atoms in total. The third-order valence-corrected chi connectivity index (χ3v) is 6.58. The van der Waals surface area contributed by atoms with Gasteiger partial charge in [0.1, 0.15) is 0 Å². The predicted octanol–water partition coefficient (Wildman–Crippen LogP) is 8.86. The van der Waals surface area contributed by atoms with Crippen LogP contribution in [0.4, 0.5) is 0 Å². The van der Waals surface area contributed by atoms with Crippen molar-refractivity contribution in [2.75, 3.05) is 0 Å². The van der Waals surface area contributed by atoms with Gasteiger partial charge in [-0.2, -0.15) is 0 Å². The number of hydrogen-bond acceptors (Lipinski definition) is 3. The fourth-order valence-corrected chi connectivity index (χ4v) is 4.50. The summed E-state index contributed by atoms with van der Waals surface area (Å²) < 4.78 is 0. The molecule has 0 aliphatic rings. The van der Waals surface area contributed by atoms with E-state index < -0.39 is 0 Å². The topological polar surface area (TPSA) is 38.7 Å². The van der Waals surface area contributed by atoms with E-state index in [1.807, 2.05) is 60.7 Å². The summed E-state index contributed by atoms with van der Waals surface area (Å²) in [7, 11) is 0. The van der Waals surface area contributed by atoms with Gasteiger partial charge in [-0.15, -0.1) is 0 Å². The van der Waals surface area contributed by atoms with Crippen molar-refractivity contribution in [3.8, 4) is 56.4 Å². The Morgan fingerprint density at radius 2 is 0.676 bits per heavy atom. The molecule has 5 aromatic carbocycles. The first-order chi connectivity index (χ1) is 18.2. The maximum Gasteiger partial charge on any atom is 0.165 e. The number of hydrogen-bond donors (Lipinski definition) is 0. The average Bonchev–Trinajstić information content (AvgIpc) is 2.98. The van der Waals surface area contributed by atoms with Gasteiger partial charge in [-0.25, -0.2) is 15.0 Å². The Balaban J connectivity index is 1.43. The van der Waals surface area contributed by atoms with Crippen molar-refractivity contribution in [1.82, 2.24) is 15.0 Å². The minimum absolute atomic E-state index is 0.546. The molecule has 6 rings (SSSR count). The van der Waals surface area contributed by atoms with Gasteiger partial charge < -0.3 is 0 Å². The second kappa shape index (κ2) is 10.2. The molecule has 0 aliphatic heterocycles. The summed E-state index contributed by atoms with van der Waals surface area (Å²) in [5.74, 6) is 1.75. The van der Waals surface area contributed by atoms with Crippen LogP contribution < -0.4 is 0 Å². The highest BCUT2D eigenvalue weighted by atomic mass is 35.5. The summed E-state index contributed by atoms with van der Waals surface area (Å²) >= 11 is 6.53. The maximum absolute atomic E-state index is 6.53. The number of benzene rings is 5. The fourth-order valence-electron chi connectivity index (χ4n) is 4.28. The van der Waals surface area contributed by atoms with Crippen molar-refractivity contribution in [2.24, 2.45) is 0 Å². The lowest BCUT2D eigenvalue weighted by molar-refractivity contribution is 1.07. The van der Waals surface area contributed by atoms with Crippen LogP contribution in [0.1, 0.15) is 0 Å². The summed E-state index contributed by atoms with van der Waals surface area (Å²) in [6, 6.07) is 44.8. The van der Waals surface area contributed by atoms with E-state index in [9.17, 15) is 0 Å². The molecule has 0 amide bonds. The van der Waals surface area contributed by atoms with Crippen molar-refractivity contribution in [1.29, 1.82) is 0 Å². The first-order valence-electron chi connectivity index (χ1n) is 12.1. The van der Waals surface area contributed by atoms with Crippen LogP contribution in [0.25, 0.3) is 56.4 Å². The molecule has 6 aromatic rings. The molecule has 0 bridgehead atoms. The van der Waals surface area contributed by atoms with E-state index in [1.165, 1.54) is 11.1 Å². The Kier molecular flexibility index (Phi) is 6.28. The molecule has 37 heavy (non-hydrogen) atoms. The van der Waals surface area contributed by atoms with Crippen LogP contribution in [0.5, 0.6) is 0 Å². The van der Waals surface area contributed by atoms with E-state index in [-0.39, 0.29) is 0 Å². The normalized spacial score (nSPS) is 10.8. The quantitative estimate of drug-likeness (QED) is 0.240. The molecule has 0 atom stereocenters. The van der Waals surface area contributed by atoms with Gasteiger partial charge >= 0.3 is 0 Å². The van der Waals surface area contributed by atoms with Gasteiger partial charge in [0.05, 0.1) is 5.02 Å². The van der Waals surface area contributed by atoms with Gasteiger partial charge in [0.25, 0.3) is 0 Å². The van der Waals surface area contributed by atoms with Crippen LogP contribution in [-0.4, -0.2) is 15.0 Å². The van der Waals surface area contributed by atoms with E-state index in [4.69, 9.17) is 26.6 Å². The number of aromatic nitrogens is 3. The number of nitrogens with zero attached hydrogens (tertiary/aromatic N) is 3. The van der Waals surface area contributed by atoms with E-state index in [1.54, 1.807) is 0 Å². The summed E-state index contributed by atoms with van der Waals surface area (Å²) in [6.45, 7) is 0. The van der Waals surface area contributed by atoms with E-state index in [0.717, 1.165) is 27.8 Å². The first kappa shape index (κ1) is 22.8. The second-order valence-electron chi connectivity index (χ2n) is 8.67. The van der Waals surface area contributed by atoms with Crippen LogP contribution in [0.3, 0.4) is 0 Å². The molecule has 0 fully saturated rings. The zero-order valence-corrected chi connectivity index (χ0v) is 20.7. The van der Waals surface area contributed by atoms with Gasteiger partial charge in [-0.3, -0.25) is 0 Å². The van der Waals surface area contributed by atoms with Gasteiger partial charge in [0, 0.05) is 16.7 Å². The standard InChI is InChI=1S/C33H22ClN3/c34-30-14-8-7-13-29(30)33-36-31(27-19-15-25(16-20-27)23-9-3-1-4-10-23)35-32(37-33)28-21-17-26(18-22-28)24-11-5-2-6-12-24/h1-22H. The molecule has 0 saturated carbocycles. The molecule has 0 radical (unpaired) electrons. The highest BCUT2D eigenvalue weighted by Gasteiger charge is 2.14. The van der Waals surface area contributed by atoms with Crippen LogP contribution in [0.2, 0.25) is 5.02 Å². The van der Waals surface area contributed by atoms with Crippen LogP contribution in [-0.2, 0) is 0 Å². The van der Waals surface area contributed by atoms with Crippen molar-refractivity contribution in [3.63, 3.8) is 0 Å². The Labute approximate surface area is 221 Å². The van der Waals surface area contributed by atoms with E-state index in [0.29, 0.717) is 22.5 Å². The minimum atomic E-state index is 0.546. The maximum atomic E-state index is 6.53. The van der Waals surface area contributed by atoms with Crippen LogP contribution in [0, 0.1) is 0 Å². The lowest BCUT2D eigenvalue weighted by atomic mass is 10.0. The third-order valence-electron chi connectivity index (χ3n) is 6.25. The summed E-state index contributed by atoms with van der Waals surface area (Å²) in [4.78, 5) is 14.5. The zero-order valence-electron chi connectivity index (χ0n) is 19.9. The lowest BCUT2D eigenvalue weighted by Gasteiger charge is -2.10. The van der Waals surface area contributed by atoms with Crippen molar-refractivity contribution >= 4 is 11.6 Å². The summed E-state index contributed by atoms with van der Waals surface area (Å²) in [5.41, 5.74) is 7.22. The van der Waals surface area contributed by atoms with Crippen molar-refractivity contribution in [2.45, 2.75) is 0 Å². The first-order valence-corrected chi connectivity index (χ1v) is 12.5. The highest BCUT2D eigenvalue weighted by Crippen LogP contribution is 2.30. The molecule has 176 valence electrons. The molecule has 0 saturated heterocycles. The van der Waals surface area contributed by atoms with Crippen LogP contribution in [0.15, 0.2) is 133 Å². The Morgan fingerprint density at radius 3 is 1.14 bits per heavy atom.